The first-order valence-electron chi connectivity index (χ1n) is 5.82. The predicted molar refractivity (Wildman–Crippen MR) is 69.0 cm³/mol. The predicted octanol–water partition coefficient (Wildman–Crippen LogP) is 0.971. The van der Waals surface area contributed by atoms with Gasteiger partial charge in [-0.15, -0.1) is 0 Å². The van der Waals surface area contributed by atoms with Crippen molar-refractivity contribution in [2.45, 2.75) is 20.1 Å². The van der Waals surface area contributed by atoms with E-state index in [2.05, 4.69) is 15.2 Å². The van der Waals surface area contributed by atoms with E-state index in [1.165, 1.54) is 6.33 Å². The number of aromatic nitrogens is 3. The summed E-state index contributed by atoms with van der Waals surface area (Å²) in [6.45, 7) is 3.04. The zero-order chi connectivity index (χ0) is 13.7. The Balaban J connectivity index is 2.08. The third kappa shape index (κ3) is 3.01. The van der Waals surface area contributed by atoms with Crippen LogP contribution >= 0.6 is 0 Å². The number of hydrogen-bond acceptors (Lipinski definition) is 5. The highest BCUT2D eigenvalue weighted by Crippen LogP contribution is 2.14. The Hall–Kier alpha value is -2.57. The van der Waals surface area contributed by atoms with E-state index >= 15 is 0 Å². The van der Waals surface area contributed by atoms with Crippen LogP contribution in [0.5, 0.6) is 5.75 Å². The maximum atomic E-state index is 8.63. The molecule has 0 saturated carbocycles. The van der Waals surface area contributed by atoms with Crippen LogP contribution in [0.25, 0.3) is 0 Å². The summed E-state index contributed by atoms with van der Waals surface area (Å²) in [6.07, 6.45) is 1.50. The topological polar surface area (TPSA) is 98.5 Å². The first-order chi connectivity index (χ1) is 9.24. The normalized spacial score (nSPS) is 11.5. The summed E-state index contributed by atoms with van der Waals surface area (Å²) in [5, 5.41) is 15.6. The van der Waals surface area contributed by atoms with Crippen molar-refractivity contribution in [3.63, 3.8) is 0 Å². The fraction of sp³-hybridized carbons (Fsp3) is 0.250. The molecular formula is C12H15N5O2. The molecule has 1 heterocycles. The molecule has 0 aliphatic heterocycles. The highest BCUT2D eigenvalue weighted by atomic mass is 16.5. The van der Waals surface area contributed by atoms with Gasteiger partial charge in [0.1, 0.15) is 18.7 Å². The zero-order valence-electron chi connectivity index (χ0n) is 10.5. The Morgan fingerprint density at radius 2 is 2.37 bits per heavy atom. The molecule has 0 unspecified atom stereocenters. The van der Waals surface area contributed by atoms with Crippen molar-refractivity contribution in [2.75, 3.05) is 0 Å². The number of benzene rings is 1. The molecule has 0 radical (unpaired) electrons. The molecule has 0 saturated heterocycles. The fourth-order valence-corrected chi connectivity index (χ4v) is 1.61. The van der Waals surface area contributed by atoms with E-state index in [1.807, 2.05) is 6.92 Å². The SMILES string of the molecule is CCn1ncnc1COc1cccc(C(N)=NO)c1. The van der Waals surface area contributed by atoms with Crippen LogP contribution in [0, 0.1) is 0 Å². The van der Waals surface area contributed by atoms with Gasteiger partial charge in [-0.05, 0) is 19.1 Å². The molecule has 1 aromatic carbocycles. The van der Waals surface area contributed by atoms with Gasteiger partial charge in [0.25, 0.3) is 0 Å². The summed E-state index contributed by atoms with van der Waals surface area (Å²) in [5.74, 6) is 1.41. The van der Waals surface area contributed by atoms with Crippen LogP contribution < -0.4 is 10.5 Å². The Morgan fingerprint density at radius 1 is 1.53 bits per heavy atom. The van der Waals surface area contributed by atoms with Crippen molar-refractivity contribution in [3.8, 4) is 5.75 Å². The minimum atomic E-state index is 0.0437. The van der Waals surface area contributed by atoms with Gasteiger partial charge in [0.05, 0.1) is 0 Å². The molecule has 0 spiro atoms. The summed E-state index contributed by atoms with van der Waals surface area (Å²) in [6, 6.07) is 6.99. The van der Waals surface area contributed by atoms with E-state index in [4.69, 9.17) is 15.7 Å². The average Bonchev–Trinajstić information content (AvgIpc) is 2.92. The number of oxime groups is 1. The quantitative estimate of drug-likeness (QED) is 0.361. The number of hydrogen-bond donors (Lipinski definition) is 2. The monoisotopic (exact) mass is 261 g/mol. The van der Waals surface area contributed by atoms with Crippen molar-refractivity contribution >= 4 is 5.84 Å². The van der Waals surface area contributed by atoms with Crippen molar-refractivity contribution in [1.82, 2.24) is 14.8 Å². The number of aryl methyl sites for hydroxylation is 1. The van der Waals surface area contributed by atoms with E-state index in [0.29, 0.717) is 17.9 Å². The summed E-state index contributed by atoms with van der Waals surface area (Å²) < 4.78 is 7.37. The van der Waals surface area contributed by atoms with Crippen LogP contribution in [0.15, 0.2) is 35.7 Å². The summed E-state index contributed by atoms with van der Waals surface area (Å²) in [5.41, 5.74) is 6.11. The Labute approximate surface area is 110 Å². The molecule has 19 heavy (non-hydrogen) atoms. The van der Waals surface area contributed by atoms with Crippen LogP contribution in [-0.4, -0.2) is 25.8 Å². The highest BCUT2D eigenvalue weighted by molar-refractivity contribution is 5.97. The van der Waals surface area contributed by atoms with Gasteiger partial charge >= 0.3 is 0 Å². The van der Waals surface area contributed by atoms with Crippen LogP contribution in [0.1, 0.15) is 18.3 Å². The Kier molecular flexibility index (Phi) is 3.97. The van der Waals surface area contributed by atoms with Gasteiger partial charge in [0.2, 0.25) is 0 Å². The van der Waals surface area contributed by atoms with E-state index in [9.17, 15) is 0 Å². The number of amidine groups is 1. The van der Waals surface area contributed by atoms with E-state index in [1.54, 1.807) is 28.9 Å². The Morgan fingerprint density at radius 3 is 3.11 bits per heavy atom. The zero-order valence-corrected chi connectivity index (χ0v) is 10.5. The summed E-state index contributed by atoms with van der Waals surface area (Å²) >= 11 is 0. The van der Waals surface area contributed by atoms with Gasteiger partial charge in [-0.3, -0.25) is 0 Å². The second-order valence-electron chi connectivity index (χ2n) is 3.79. The molecule has 0 atom stereocenters. The van der Waals surface area contributed by atoms with Gasteiger partial charge in [0, 0.05) is 12.1 Å². The summed E-state index contributed by atoms with van der Waals surface area (Å²) in [7, 11) is 0. The molecule has 0 bridgehead atoms. The lowest BCUT2D eigenvalue weighted by molar-refractivity contribution is 0.287. The standard InChI is InChI=1S/C12H15N5O2/c1-2-17-11(14-8-15-17)7-19-10-5-3-4-9(6-10)12(13)16-18/h3-6,8,18H,2,7H2,1H3,(H2,13,16). The molecule has 2 aromatic rings. The molecule has 0 aliphatic rings. The Bertz CT molecular complexity index is 579. The summed E-state index contributed by atoms with van der Waals surface area (Å²) in [4.78, 5) is 4.11. The smallest absolute Gasteiger partial charge is 0.170 e. The van der Waals surface area contributed by atoms with Gasteiger partial charge < -0.3 is 15.7 Å². The van der Waals surface area contributed by atoms with Gasteiger partial charge in [-0.25, -0.2) is 9.67 Å². The molecule has 7 nitrogen and oxygen atoms in total. The third-order valence-electron chi connectivity index (χ3n) is 2.60. The van der Waals surface area contributed by atoms with Crippen molar-refractivity contribution in [3.05, 3.63) is 42.0 Å². The van der Waals surface area contributed by atoms with E-state index in [0.717, 1.165) is 12.4 Å². The third-order valence-corrected chi connectivity index (χ3v) is 2.60. The second kappa shape index (κ2) is 5.85. The van der Waals surface area contributed by atoms with E-state index in [-0.39, 0.29) is 5.84 Å². The molecular weight excluding hydrogens is 246 g/mol. The molecule has 0 amide bonds. The van der Waals surface area contributed by atoms with Gasteiger partial charge in [-0.2, -0.15) is 5.10 Å². The maximum Gasteiger partial charge on any atom is 0.170 e. The maximum absolute atomic E-state index is 8.63. The van der Waals surface area contributed by atoms with Crippen molar-refractivity contribution < 1.29 is 9.94 Å². The minimum Gasteiger partial charge on any atom is -0.486 e. The van der Waals surface area contributed by atoms with Gasteiger partial charge in [-0.1, -0.05) is 17.3 Å². The first-order valence-corrected chi connectivity index (χ1v) is 5.82. The van der Waals surface area contributed by atoms with Crippen LogP contribution in [0.3, 0.4) is 0 Å². The van der Waals surface area contributed by atoms with Gasteiger partial charge in [0.15, 0.2) is 11.7 Å². The number of ether oxygens (including phenoxy) is 1. The lowest BCUT2D eigenvalue weighted by atomic mass is 10.2. The van der Waals surface area contributed by atoms with E-state index < -0.39 is 0 Å². The molecule has 3 N–H and O–H groups in total. The molecule has 0 aliphatic carbocycles. The lowest BCUT2D eigenvalue weighted by Gasteiger charge is -2.07. The number of nitrogens with two attached hydrogens (primary N) is 1. The van der Waals surface area contributed by atoms with Crippen LogP contribution in [-0.2, 0) is 13.2 Å². The number of rotatable bonds is 5. The van der Waals surface area contributed by atoms with Crippen LogP contribution in [0.4, 0.5) is 0 Å². The van der Waals surface area contributed by atoms with Crippen molar-refractivity contribution in [2.24, 2.45) is 10.9 Å². The molecule has 2 rings (SSSR count). The highest BCUT2D eigenvalue weighted by Gasteiger charge is 2.05. The average molecular weight is 261 g/mol. The van der Waals surface area contributed by atoms with Crippen molar-refractivity contribution in [1.29, 1.82) is 0 Å². The first kappa shape index (κ1) is 12.9. The minimum absolute atomic E-state index is 0.0437. The molecule has 0 fully saturated rings. The molecule has 100 valence electrons. The second-order valence-corrected chi connectivity index (χ2v) is 3.79. The molecule has 7 heteroatoms. The largest absolute Gasteiger partial charge is 0.486 e. The fourth-order valence-electron chi connectivity index (χ4n) is 1.61. The lowest BCUT2D eigenvalue weighted by Crippen LogP contribution is -2.13. The number of nitrogens with zero attached hydrogens (tertiary/aromatic N) is 4. The van der Waals surface area contributed by atoms with Crippen LogP contribution in [0.2, 0.25) is 0 Å². The molecule has 1 aromatic heterocycles.